The fourth-order valence-electron chi connectivity index (χ4n) is 2.72. The van der Waals surface area contributed by atoms with Gasteiger partial charge in [-0.25, -0.2) is 4.79 Å². The van der Waals surface area contributed by atoms with Crippen molar-refractivity contribution >= 4 is 17.6 Å². The minimum atomic E-state index is -0.542. The smallest absolute Gasteiger partial charge is 0.322 e. The van der Waals surface area contributed by atoms with Crippen molar-refractivity contribution in [2.45, 2.75) is 20.0 Å². The number of amides is 3. The van der Waals surface area contributed by atoms with Gasteiger partial charge in [0.2, 0.25) is 5.91 Å². The Bertz CT molecular complexity index is 920. The van der Waals surface area contributed by atoms with E-state index in [9.17, 15) is 9.59 Å². The summed E-state index contributed by atoms with van der Waals surface area (Å²) in [5.74, 6) is -0.542. The molecule has 3 aromatic rings. The van der Waals surface area contributed by atoms with Crippen LogP contribution >= 0.6 is 0 Å². The number of benzene rings is 1. The number of nitrogens with zero attached hydrogens (tertiary/aromatic N) is 3. The maximum Gasteiger partial charge on any atom is 0.322 e. The molecule has 0 bridgehead atoms. The normalized spacial score (nSPS) is 10.3. The maximum absolute atomic E-state index is 13.0. The van der Waals surface area contributed by atoms with Crippen LogP contribution in [-0.2, 0) is 13.1 Å². The Morgan fingerprint density at radius 2 is 1.75 bits per heavy atom. The van der Waals surface area contributed by atoms with E-state index in [4.69, 9.17) is 5.73 Å². The molecule has 3 rings (SSSR count). The topological polar surface area (TPSA) is 101 Å². The van der Waals surface area contributed by atoms with Gasteiger partial charge in [-0.3, -0.25) is 14.8 Å². The quantitative estimate of drug-likeness (QED) is 0.691. The van der Waals surface area contributed by atoms with Crippen molar-refractivity contribution in [2.75, 3.05) is 5.32 Å². The van der Waals surface area contributed by atoms with E-state index in [1.807, 2.05) is 31.2 Å². The molecule has 2 heterocycles. The molecule has 142 valence electrons. The van der Waals surface area contributed by atoms with Crippen LogP contribution in [0, 0.1) is 6.92 Å². The summed E-state index contributed by atoms with van der Waals surface area (Å²) >= 11 is 0. The van der Waals surface area contributed by atoms with Crippen molar-refractivity contribution in [3.05, 3.63) is 89.5 Å². The molecule has 0 saturated heterocycles. The van der Waals surface area contributed by atoms with E-state index in [-0.39, 0.29) is 6.03 Å². The lowest BCUT2D eigenvalue weighted by atomic mass is 10.1. The van der Waals surface area contributed by atoms with Crippen molar-refractivity contribution in [1.29, 1.82) is 0 Å². The Morgan fingerprint density at radius 1 is 1.00 bits per heavy atom. The average molecular weight is 375 g/mol. The number of nitrogens with one attached hydrogen (secondary N) is 1. The lowest BCUT2D eigenvalue weighted by Gasteiger charge is -2.24. The van der Waals surface area contributed by atoms with Crippen LogP contribution in [0.5, 0.6) is 0 Å². The predicted molar refractivity (Wildman–Crippen MR) is 106 cm³/mol. The molecular formula is C21H21N5O2. The number of urea groups is 1. The monoisotopic (exact) mass is 375 g/mol. The number of rotatable bonds is 6. The van der Waals surface area contributed by atoms with E-state index in [1.165, 1.54) is 0 Å². The van der Waals surface area contributed by atoms with Crippen LogP contribution in [0.15, 0.2) is 67.3 Å². The molecule has 0 unspecified atom stereocenters. The minimum absolute atomic E-state index is 0.287. The highest BCUT2D eigenvalue weighted by molar-refractivity contribution is 5.96. The summed E-state index contributed by atoms with van der Waals surface area (Å²) in [4.78, 5) is 34.3. The molecule has 28 heavy (non-hydrogen) atoms. The van der Waals surface area contributed by atoms with Gasteiger partial charge in [0.1, 0.15) is 0 Å². The van der Waals surface area contributed by atoms with Crippen LogP contribution in [0.3, 0.4) is 0 Å². The third-order valence-electron chi connectivity index (χ3n) is 4.27. The van der Waals surface area contributed by atoms with Gasteiger partial charge < -0.3 is 16.0 Å². The molecule has 3 amide bonds. The van der Waals surface area contributed by atoms with Gasteiger partial charge in [-0.1, -0.05) is 12.1 Å². The summed E-state index contributed by atoms with van der Waals surface area (Å²) in [5, 5.41) is 2.89. The fourth-order valence-corrected chi connectivity index (χ4v) is 2.72. The van der Waals surface area contributed by atoms with Crippen molar-refractivity contribution in [1.82, 2.24) is 14.9 Å². The van der Waals surface area contributed by atoms with Crippen LogP contribution in [0.4, 0.5) is 10.5 Å². The summed E-state index contributed by atoms with van der Waals surface area (Å²) in [6.07, 6.45) is 6.80. The average Bonchev–Trinajstić information content (AvgIpc) is 2.70. The van der Waals surface area contributed by atoms with Crippen LogP contribution in [-0.4, -0.2) is 26.8 Å². The molecule has 7 heteroatoms. The Kier molecular flexibility index (Phi) is 5.96. The van der Waals surface area contributed by atoms with Gasteiger partial charge in [0.25, 0.3) is 0 Å². The summed E-state index contributed by atoms with van der Waals surface area (Å²) in [6, 6.07) is 12.2. The molecule has 0 aliphatic heterocycles. The van der Waals surface area contributed by atoms with Crippen LogP contribution in [0.2, 0.25) is 0 Å². The molecule has 0 aliphatic rings. The highest BCUT2D eigenvalue weighted by Gasteiger charge is 2.16. The number of carbonyl (C=O) groups excluding carboxylic acids is 2. The number of carbonyl (C=O) groups is 2. The van der Waals surface area contributed by atoms with Crippen molar-refractivity contribution in [2.24, 2.45) is 5.73 Å². The second-order valence-corrected chi connectivity index (χ2v) is 6.40. The van der Waals surface area contributed by atoms with Crippen molar-refractivity contribution in [3.63, 3.8) is 0 Å². The van der Waals surface area contributed by atoms with Gasteiger partial charge in [0, 0.05) is 49.1 Å². The van der Waals surface area contributed by atoms with Crippen LogP contribution < -0.4 is 11.1 Å². The molecule has 0 radical (unpaired) electrons. The van der Waals surface area contributed by atoms with Gasteiger partial charge in [-0.05, 0) is 53.9 Å². The minimum Gasteiger partial charge on any atom is -0.366 e. The van der Waals surface area contributed by atoms with Gasteiger partial charge in [-0.15, -0.1) is 0 Å². The van der Waals surface area contributed by atoms with E-state index in [2.05, 4.69) is 15.3 Å². The first-order chi connectivity index (χ1) is 13.5. The predicted octanol–water partition coefficient (Wildman–Crippen LogP) is 3.12. The third kappa shape index (κ3) is 4.91. The number of aryl methyl sites for hydroxylation is 1. The Hall–Kier alpha value is -3.74. The Balaban J connectivity index is 1.83. The van der Waals surface area contributed by atoms with Crippen molar-refractivity contribution in [3.8, 4) is 0 Å². The second-order valence-electron chi connectivity index (χ2n) is 6.40. The number of anilines is 1. The molecule has 0 fully saturated rings. The van der Waals surface area contributed by atoms with Crippen molar-refractivity contribution < 1.29 is 9.59 Å². The molecule has 0 spiro atoms. The van der Waals surface area contributed by atoms with E-state index >= 15 is 0 Å². The number of primary amides is 1. The lowest BCUT2D eigenvalue weighted by molar-refractivity contribution is 0.1000. The zero-order valence-corrected chi connectivity index (χ0v) is 15.5. The number of hydrogen-bond acceptors (Lipinski definition) is 4. The molecule has 7 nitrogen and oxygen atoms in total. The summed E-state index contributed by atoms with van der Waals surface area (Å²) in [5.41, 5.74) is 8.95. The number of nitrogens with two attached hydrogens (primary N) is 1. The van der Waals surface area contributed by atoms with Crippen LogP contribution in [0.1, 0.15) is 27.0 Å². The molecule has 0 aliphatic carbocycles. The zero-order chi connectivity index (χ0) is 19.9. The molecule has 0 saturated carbocycles. The van der Waals surface area contributed by atoms with E-state index in [1.54, 1.807) is 47.9 Å². The largest absolute Gasteiger partial charge is 0.366 e. The van der Waals surface area contributed by atoms with E-state index in [0.717, 1.165) is 16.7 Å². The Labute approximate surface area is 163 Å². The molecule has 0 atom stereocenters. The first-order valence-electron chi connectivity index (χ1n) is 8.77. The molecule has 2 aromatic heterocycles. The van der Waals surface area contributed by atoms with Crippen LogP contribution in [0.25, 0.3) is 0 Å². The van der Waals surface area contributed by atoms with Gasteiger partial charge >= 0.3 is 6.03 Å². The number of hydrogen-bond donors (Lipinski definition) is 2. The zero-order valence-electron chi connectivity index (χ0n) is 15.5. The fraction of sp³-hybridized carbons (Fsp3) is 0.143. The summed E-state index contributed by atoms with van der Waals surface area (Å²) in [7, 11) is 0. The van der Waals surface area contributed by atoms with E-state index in [0.29, 0.717) is 24.3 Å². The highest BCUT2D eigenvalue weighted by Crippen LogP contribution is 2.19. The Morgan fingerprint density at radius 3 is 2.43 bits per heavy atom. The van der Waals surface area contributed by atoms with Gasteiger partial charge in [0.15, 0.2) is 0 Å². The SMILES string of the molecule is Cc1ccc(C(N)=O)cc1NC(=O)N(Cc1ccncc1)Cc1cccnc1. The third-order valence-corrected chi connectivity index (χ3v) is 4.27. The molecule has 3 N–H and O–H groups in total. The first kappa shape index (κ1) is 19.0. The first-order valence-corrected chi connectivity index (χ1v) is 8.77. The standard InChI is InChI=1S/C21H21N5O2/c1-15-4-5-18(20(22)27)11-19(15)25-21(28)26(13-16-6-9-23-10-7-16)14-17-3-2-8-24-12-17/h2-12H,13-14H2,1H3,(H2,22,27)(H,25,28). The van der Waals surface area contributed by atoms with Gasteiger partial charge in [0.05, 0.1) is 0 Å². The number of pyridine rings is 2. The highest BCUT2D eigenvalue weighted by atomic mass is 16.2. The lowest BCUT2D eigenvalue weighted by Crippen LogP contribution is -2.34. The number of aromatic nitrogens is 2. The molecule has 1 aromatic carbocycles. The second kappa shape index (κ2) is 8.77. The summed E-state index contributed by atoms with van der Waals surface area (Å²) in [6.45, 7) is 2.64. The van der Waals surface area contributed by atoms with Gasteiger partial charge in [-0.2, -0.15) is 0 Å². The molecular weight excluding hydrogens is 354 g/mol. The van der Waals surface area contributed by atoms with E-state index < -0.39 is 5.91 Å². The summed E-state index contributed by atoms with van der Waals surface area (Å²) < 4.78 is 0. The maximum atomic E-state index is 13.0.